The number of ketones is 1. The van der Waals surface area contributed by atoms with E-state index in [9.17, 15) is 18.8 Å². The van der Waals surface area contributed by atoms with Gasteiger partial charge in [-0.1, -0.05) is 32.0 Å². The molecule has 1 aliphatic rings. The summed E-state index contributed by atoms with van der Waals surface area (Å²) < 4.78 is 14.5. The van der Waals surface area contributed by atoms with Crippen LogP contribution < -0.4 is 10.2 Å². The van der Waals surface area contributed by atoms with E-state index < -0.39 is 11.9 Å². The van der Waals surface area contributed by atoms with Crippen molar-refractivity contribution in [2.24, 2.45) is 5.92 Å². The van der Waals surface area contributed by atoms with Crippen LogP contribution in [0.1, 0.15) is 41.5 Å². The van der Waals surface area contributed by atoms with Crippen LogP contribution in [0.5, 0.6) is 0 Å². The van der Waals surface area contributed by atoms with Crippen molar-refractivity contribution < 1.29 is 18.8 Å². The van der Waals surface area contributed by atoms with Gasteiger partial charge in [-0.05, 0) is 43.2 Å². The maximum absolute atomic E-state index is 14.5. The van der Waals surface area contributed by atoms with Crippen molar-refractivity contribution in [2.45, 2.75) is 26.8 Å². The normalized spacial score (nSPS) is 15.0. The van der Waals surface area contributed by atoms with E-state index in [0.717, 1.165) is 0 Å². The fraction of sp³-hybridized carbons (Fsp3) is 0.375. The summed E-state index contributed by atoms with van der Waals surface area (Å²) in [4.78, 5) is 40.7. The van der Waals surface area contributed by atoms with Crippen LogP contribution in [0.15, 0.2) is 48.5 Å². The van der Waals surface area contributed by atoms with Gasteiger partial charge in [0, 0.05) is 37.3 Å². The summed E-state index contributed by atoms with van der Waals surface area (Å²) >= 11 is 0. The SMILES string of the molecule is CC(=O)c1ccc(N2CCN(C(=O)C(NC(=O)c3ccccc3)C(C)C)CC2)c(F)c1. The number of hydrogen-bond donors (Lipinski definition) is 1. The molecule has 31 heavy (non-hydrogen) atoms. The quantitative estimate of drug-likeness (QED) is 0.722. The van der Waals surface area contributed by atoms with Gasteiger partial charge in [0.05, 0.1) is 5.69 Å². The van der Waals surface area contributed by atoms with Gasteiger partial charge in [-0.3, -0.25) is 14.4 Å². The summed E-state index contributed by atoms with van der Waals surface area (Å²) in [6.45, 7) is 7.00. The predicted octanol–water partition coefficient (Wildman–Crippen LogP) is 3.13. The molecule has 0 aliphatic carbocycles. The molecule has 1 fully saturated rings. The van der Waals surface area contributed by atoms with Crippen LogP contribution in [0.3, 0.4) is 0 Å². The molecule has 0 saturated carbocycles. The van der Waals surface area contributed by atoms with Crippen molar-refractivity contribution in [3.05, 3.63) is 65.5 Å². The topological polar surface area (TPSA) is 69.7 Å². The number of Topliss-reactive ketones (excluding diaryl/α,β-unsaturated/α-hetero) is 1. The summed E-state index contributed by atoms with van der Waals surface area (Å²) in [7, 11) is 0. The first-order chi connectivity index (χ1) is 14.8. The lowest BCUT2D eigenvalue weighted by Crippen LogP contribution is -2.56. The van der Waals surface area contributed by atoms with Crippen LogP contribution in [0.2, 0.25) is 0 Å². The van der Waals surface area contributed by atoms with E-state index in [1.54, 1.807) is 41.3 Å². The largest absolute Gasteiger partial charge is 0.366 e. The number of hydrogen-bond acceptors (Lipinski definition) is 4. The summed E-state index contributed by atoms with van der Waals surface area (Å²) in [6, 6.07) is 12.7. The van der Waals surface area contributed by atoms with Crippen molar-refractivity contribution in [3.63, 3.8) is 0 Å². The van der Waals surface area contributed by atoms with Crippen molar-refractivity contribution in [1.29, 1.82) is 0 Å². The summed E-state index contributed by atoms with van der Waals surface area (Å²) in [5.74, 6) is -1.11. The molecule has 2 amide bonds. The number of rotatable bonds is 6. The number of carbonyl (C=O) groups is 3. The second kappa shape index (κ2) is 9.73. The lowest BCUT2D eigenvalue weighted by atomic mass is 10.0. The molecule has 1 aliphatic heterocycles. The molecule has 0 spiro atoms. The van der Waals surface area contributed by atoms with Crippen LogP contribution in [-0.4, -0.2) is 54.7 Å². The minimum absolute atomic E-state index is 0.0743. The zero-order valence-electron chi connectivity index (χ0n) is 18.1. The van der Waals surface area contributed by atoms with Crippen LogP contribution in [0.4, 0.5) is 10.1 Å². The lowest BCUT2D eigenvalue weighted by Gasteiger charge is -2.38. The highest BCUT2D eigenvalue weighted by molar-refractivity contribution is 5.97. The van der Waals surface area contributed by atoms with Gasteiger partial charge in [0.15, 0.2) is 5.78 Å². The standard InChI is InChI=1S/C24H28FN3O3/c1-16(2)22(26-23(30)18-7-5-4-6-8-18)24(31)28-13-11-27(12-14-28)21-10-9-19(17(3)29)15-20(21)25/h4-10,15-16,22H,11-14H2,1-3H3,(H,26,30). The van der Waals surface area contributed by atoms with Gasteiger partial charge >= 0.3 is 0 Å². The fourth-order valence-electron chi connectivity index (χ4n) is 3.67. The van der Waals surface area contributed by atoms with Gasteiger partial charge in [0.25, 0.3) is 5.91 Å². The average molecular weight is 426 g/mol. The van der Waals surface area contributed by atoms with Crippen molar-refractivity contribution in [1.82, 2.24) is 10.2 Å². The Morgan fingerprint density at radius 3 is 2.13 bits per heavy atom. The fourth-order valence-corrected chi connectivity index (χ4v) is 3.67. The number of amides is 2. The first-order valence-electron chi connectivity index (χ1n) is 10.5. The Balaban J connectivity index is 1.64. The number of nitrogens with zero attached hydrogens (tertiary/aromatic N) is 2. The predicted molar refractivity (Wildman–Crippen MR) is 118 cm³/mol. The van der Waals surface area contributed by atoms with E-state index in [1.165, 1.54) is 13.0 Å². The molecule has 164 valence electrons. The van der Waals surface area contributed by atoms with Crippen LogP contribution >= 0.6 is 0 Å². The third kappa shape index (κ3) is 5.29. The Morgan fingerprint density at radius 2 is 1.58 bits per heavy atom. The molecule has 2 aromatic rings. The van der Waals surface area contributed by atoms with E-state index in [1.807, 2.05) is 24.8 Å². The van der Waals surface area contributed by atoms with E-state index in [0.29, 0.717) is 43.0 Å². The highest BCUT2D eigenvalue weighted by atomic mass is 19.1. The van der Waals surface area contributed by atoms with Crippen LogP contribution in [-0.2, 0) is 4.79 Å². The lowest BCUT2D eigenvalue weighted by molar-refractivity contribution is -0.134. The Kier molecular flexibility index (Phi) is 7.05. The second-order valence-electron chi connectivity index (χ2n) is 8.10. The molecule has 6 nitrogen and oxygen atoms in total. The van der Waals surface area contributed by atoms with E-state index in [-0.39, 0.29) is 23.5 Å². The Bertz CT molecular complexity index is 954. The Labute approximate surface area is 182 Å². The highest BCUT2D eigenvalue weighted by Gasteiger charge is 2.31. The Morgan fingerprint density at radius 1 is 0.935 bits per heavy atom. The minimum atomic E-state index is -0.633. The summed E-state index contributed by atoms with van der Waals surface area (Å²) in [5.41, 5.74) is 1.27. The number of benzene rings is 2. The maximum atomic E-state index is 14.5. The van der Waals surface area contributed by atoms with Gasteiger partial charge in [0.2, 0.25) is 5.91 Å². The molecule has 1 saturated heterocycles. The number of piperazine rings is 1. The smallest absolute Gasteiger partial charge is 0.251 e. The van der Waals surface area contributed by atoms with Crippen LogP contribution in [0, 0.1) is 11.7 Å². The molecule has 1 N–H and O–H groups in total. The molecule has 0 bridgehead atoms. The molecule has 1 unspecified atom stereocenters. The van der Waals surface area contributed by atoms with E-state index in [4.69, 9.17) is 0 Å². The monoisotopic (exact) mass is 425 g/mol. The average Bonchev–Trinajstić information content (AvgIpc) is 2.77. The summed E-state index contributed by atoms with van der Waals surface area (Å²) in [5, 5.41) is 2.86. The molecule has 0 aromatic heterocycles. The molecule has 1 atom stereocenters. The first-order valence-corrected chi connectivity index (χ1v) is 10.5. The van der Waals surface area contributed by atoms with E-state index >= 15 is 0 Å². The molecular formula is C24H28FN3O3. The highest BCUT2D eigenvalue weighted by Crippen LogP contribution is 2.23. The molecule has 3 rings (SSSR count). The van der Waals surface area contributed by atoms with Gasteiger partial charge < -0.3 is 15.1 Å². The minimum Gasteiger partial charge on any atom is -0.366 e. The Hall–Kier alpha value is -3.22. The molecular weight excluding hydrogens is 397 g/mol. The third-order valence-electron chi connectivity index (χ3n) is 5.54. The van der Waals surface area contributed by atoms with Crippen LogP contribution in [0.25, 0.3) is 0 Å². The van der Waals surface area contributed by atoms with Gasteiger partial charge in [-0.15, -0.1) is 0 Å². The zero-order valence-corrected chi connectivity index (χ0v) is 18.1. The molecule has 1 heterocycles. The van der Waals surface area contributed by atoms with Crippen molar-refractivity contribution in [2.75, 3.05) is 31.1 Å². The third-order valence-corrected chi connectivity index (χ3v) is 5.54. The molecule has 2 aromatic carbocycles. The number of nitrogens with one attached hydrogen (secondary N) is 1. The number of anilines is 1. The van der Waals surface area contributed by atoms with Crippen molar-refractivity contribution >= 4 is 23.3 Å². The number of halogens is 1. The maximum Gasteiger partial charge on any atom is 0.251 e. The zero-order chi connectivity index (χ0) is 22.5. The summed E-state index contributed by atoms with van der Waals surface area (Å²) in [6.07, 6.45) is 0. The van der Waals surface area contributed by atoms with Gasteiger partial charge in [0.1, 0.15) is 11.9 Å². The van der Waals surface area contributed by atoms with Gasteiger partial charge in [-0.25, -0.2) is 4.39 Å². The van der Waals surface area contributed by atoms with Crippen molar-refractivity contribution in [3.8, 4) is 0 Å². The number of carbonyl (C=O) groups excluding carboxylic acids is 3. The van der Waals surface area contributed by atoms with Gasteiger partial charge in [-0.2, -0.15) is 0 Å². The second-order valence-corrected chi connectivity index (χ2v) is 8.10. The molecule has 0 radical (unpaired) electrons. The molecule has 7 heteroatoms. The first kappa shape index (κ1) is 22.5. The van der Waals surface area contributed by atoms with E-state index in [2.05, 4.69) is 5.32 Å².